The molecule has 0 N–H and O–H groups in total. The second-order valence-corrected chi connectivity index (χ2v) is 17.2. The van der Waals surface area contributed by atoms with Crippen LogP contribution in [0.25, 0.3) is 55.7 Å². The summed E-state index contributed by atoms with van der Waals surface area (Å²) in [4.78, 5) is 10.4. The molecule has 0 fully saturated rings. The third-order valence-corrected chi connectivity index (χ3v) is 12.9. The first-order valence-corrected chi connectivity index (χ1v) is 19.6. The van der Waals surface area contributed by atoms with Crippen LogP contribution < -0.4 is 4.74 Å². The van der Waals surface area contributed by atoms with Crippen molar-refractivity contribution in [3.8, 4) is 39.8 Å². The van der Waals surface area contributed by atoms with E-state index < -0.39 is 6.85 Å². The minimum Gasteiger partial charge on any atom is -0.457 e. The third kappa shape index (κ3) is 4.65. The van der Waals surface area contributed by atoms with Gasteiger partial charge < -0.3 is 4.74 Å². The molecule has 5 heteroatoms. The molecular formula is C50H48N4O. The molecule has 274 valence electrons. The van der Waals surface area contributed by atoms with Crippen LogP contribution in [0.4, 0.5) is 0 Å². The summed E-state index contributed by atoms with van der Waals surface area (Å²) in [5, 5.41) is 2.47. The average Bonchev–Trinajstić information content (AvgIpc) is 3.83. The van der Waals surface area contributed by atoms with E-state index in [-0.39, 0.29) is 10.8 Å². The number of ether oxygens (including phenoxy) is 1. The Morgan fingerprint density at radius 3 is 2.35 bits per heavy atom. The minimum atomic E-state index is -2.32. The van der Waals surface area contributed by atoms with E-state index in [0.717, 1.165) is 67.6 Å². The third-order valence-electron chi connectivity index (χ3n) is 12.9. The van der Waals surface area contributed by atoms with E-state index in [0.29, 0.717) is 28.9 Å². The number of hydrogen-bond acceptors (Lipinski definition) is 3. The molecule has 55 heavy (non-hydrogen) atoms. The van der Waals surface area contributed by atoms with Gasteiger partial charge in [0, 0.05) is 49.2 Å². The highest BCUT2D eigenvalue weighted by atomic mass is 16.5. The zero-order valence-corrected chi connectivity index (χ0v) is 32.9. The van der Waals surface area contributed by atoms with E-state index in [1.807, 2.05) is 48.7 Å². The van der Waals surface area contributed by atoms with Crippen LogP contribution in [0.15, 0.2) is 103 Å². The van der Waals surface area contributed by atoms with Crippen LogP contribution >= 0.6 is 0 Å². The van der Waals surface area contributed by atoms with Crippen molar-refractivity contribution in [3.05, 3.63) is 142 Å². The van der Waals surface area contributed by atoms with E-state index in [4.69, 9.17) is 18.8 Å². The summed E-state index contributed by atoms with van der Waals surface area (Å²) >= 11 is 0. The molecule has 1 aliphatic heterocycles. The molecule has 0 amide bonds. The molecule has 10 rings (SSSR count). The number of rotatable bonds is 6. The SMILES string of the molecule is [2H]C([2H])([2H])c1ccc2c3c1c1ccc(Oc4cccc(-c5nccn5-c5c(C(C)C)cc(C)cc5C(C)C)c4)cc1c1nc4c(n13)C(C)(Cc1ccccc1-4)C2(C)C. The summed E-state index contributed by atoms with van der Waals surface area (Å²) in [6, 6.07) is 31.2. The van der Waals surface area contributed by atoms with Crippen molar-refractivity contribution in [1.82, 2.24) is 18.9 Å². The number of benzene rings is 5. The van der Waals surface area contributed by atoms with Gasteiger partial charge in [-0.15, -0.1) is 0 Å². The molecule has 2 aliphatic rings. The first-order chi connectivity index (χ1) is 27.6. The molecule has 0 radical (unpaired) electrons. The van der Waals surface area contributed by atoms with Crippen LogP contribution in [0.3, 0.4) is 0 Å². The predicted octanol–water partition coefficient (Wildman–Crippen LogP) is 12.9. The minimum absolute atomic E-state index is 0.296. The van der Waals surface area contributed by atoms with Gasteiger partial charge in [0.25, 0.3) is 0 Å². The highest BCUT2D eigenvalue weighted by molar-refractivity contribution is 6.15. The highest BCUT2D eigenvalue weighted by Crippen LogP contribution is 2.58. The van der Waals surface area contributed by atoms with Crippen LogP contribution in [0.1, 0.15) is 103 Å². The Morgan fingerprint density at radius 1 is 0.818 bits per heavy atom. The van der Waals surface area contributed by atoms with E-state index in [9.17, 15) is 0 Å². The van der Waals surface area contributed by atoms with Crippen LogP contribution in [0.5, 0.6) is 11.5 Å². The van der Waals surface area contributed by atoms with Crippen molar-refractivity contribution in [2.75, 3.05) is 0 Å². The van der Waals surface area contributed by atoms with Crippen molar-refractivity contribution in [2.45, 2.75) is 91.3 Å². The fourth-order valence-electron chi connectivity index (χ4n) is 9.82. The van der Waals surface area contributed by atoms with Crippen LogP contribution in [0.2, 0.25) is 0 Å². The molecule has 3 aromatic heterocycles. The van der Waals surface area contributed by atoms with Crippen LogP contribution in [-0.2, 0) is 17.3 Å². The largest absolute Gasteiger partial charge is 0.457 e. The molecule has 1 unspecified atom stereocenters. The molecule has 1 aliphatic carbocycles. The summed E-state index contributed by atoms with van der Waals surface area (Å²) in [5.74, 6) is 2.84. The summed E-state index contributed by atoms with van der Waals surface area (Å²) in [6.45, 7) is 15.8. The summed E-state index contributed by atoms with van der Waals surface area (Å²) < 4.78 is 37.3. The highest BCUT2D eigenvalue weighted by Gasteiger charge is 2.53. The Bertz CT molecular complexity index is 2990. The fourth-order valence-corrected chi connectivity index (χ4v) is 9.82. The Balaban J connectivity index is 1.16. The molecule has 4 heterocycles. The average molecular weight is 724 g/mol. The first kappa shape index (κ1) is 30.6. The van der Waals surface area contributed by atoms with Crippen molar-refractivity contribution in [1.29, 1.82) is 0 Å². The lowest BCUT2D eigenvalue weighted by Gasteiger charge is -2.50. The standard InChI is InChI=1S/C50H48N4O/c1-28(2)38-23-30(5)24-39(29(3)4)44(38)53-22-21-51-47(53)32-14-12-15-34(25-32)55-35-18-19-37-40(26-35)48-52-43-36-16-11-10-13-33(36)27-50(9)46(43)54(48)45-41(49(50,7)8)20-17-31(6)42(37)45/h10-26,28-29H,27H2,1-9H3/i6D3. The second kappa shape index (κ2) is 11.7. The maximum absolute atomic E-state index is 8.70. The number of fused-ring (bicyclic) bond motifs is 5. The van der Waals surface area contributed by atoms with Gasteiger partial charge in [0.15, 0.2) is 0 Å². The van der Waals surface area contributed by atoms with Crippen molar-refractivity contribution in [2.24, 2.45) is 0 Å². The van der Waals surface area contributed by atoms with E-state index in [2.05, 4.69) is 119 Å². The van der Waals surface area contributed by atoms with Crippen LogP contribution in [-0.4, -0.2) is 18.9 Å². The molecule has 0 saturated carbocycles. The van der Waals surface area contributed by atoms with Gasteiger partial charge in [0.05, 0.1) is 22.6 Å². The number of nitrogens with zero attached hydrogens (tertiary/aromatic N) is 4. The van der Waals surface area contributed by atoms with Crippen molar-refractivity contribution in [3.63, 3.8) is 0 Å². The summed E-state index contributed by atoms with van der Waals surface area (Å²) in [7, 11) is 0. The fraction of sp³-hybridized carbons (Fsp3) is 0.280. The van der Waals surface area contributed by atoms with Gasteiger partial charge in [0.2, 0.25) is 0 Å². The van der Waals surface area contributed by atoms with Crippen molar-refractivity contribution >= 4 is 27.3 Å². The lowest BCUT2D eigenvalue weighted by molar-refractivity contribution is 0.258. The monoisotopic (exact) mass is 723 g/mol. The Morgan fingerprint density at radius 2 is 1.58 bits per heavy atom. The summed E-state index contributed by atoms with van der Waals surface area (Å²) in [6.07, 6.45) is 4.79. The molecule has 0 spiro atoms. The number of pyridine rings is 1. The molecule has 8 aromatic rings. The number of aryl methyl sites for hydroxylation is 2. The zero-order valence-electron chi connectivity index (χ0n) is 35.9. The van der Waals surface area contributed by atoms with Gasteiger partial charge in [-0.1, -0.05) is 115 Å². The van der Waals surface area contributed by atoms with E-state index in [1.54, 1.807) is 0 Å². The van der Waals surface area contributed by atoms with Gasteiger partial charge in [-0.05, 0) is 95.6 Å². The maximum atomic E-state index is 8.70. The molecule has 0 saturated heterocycles. The number of aromatic nitrogens is 4. The predicted molar refractivity (Wildman–Crippen MR) is 226 cm³/mol. The van der Waals surface area contributed by atoms with Crippen LogP contribution in [0, 0.1) is 13.8 Å². The summed E-state index contributed by atoms with van der Waals surface area (Å²) in [5.41, 5.74) is 13.2. The molecular weight excluding hydrogens is 673 g/mol. The van der Waals surface area contributed by atoms with E-state index in [1.165, 1.54) is 27.9 Å². The Labute approximate surface area is 327 Å². The van der Waals surface area contributed by atoms with Gasteiger partial charge >= 0.3 is 0 Å². The quantitative estimate of drug-likeness (QED) is 0.160. The second-order valence-electron chi connectivity index (χ2n) is 17.2. The molecule has 5 nitrogen and oxygen atoms in total. The normalized spacial score (nSPS) is 18.0. The molecule has 5 aromatic carbocycles. The van der Waals surface area contributed by atoms with Crippen molar-refractivity contribution < 1.29 is 8.85 Å². The topological polar surface area (TPSA) is 44.3 Å². The Hall–Kier alpha value is -5.68. The Kier molecular flexibility index (Phi) is 6.49. The lowest BCUT2D eigenvalue weighted by Crippen LogP contribution is -2.49. The maximum Gasteiger partial charge on any atom is 0.146 e. The van der Waals surface area contributed by atoms with Gasteiger partial charge in [-0.25, -0.2) is 9.97 Å². The lowest BCUT2D eigenvalue weighted by atomic mass is 9.55. The first-order valence-electron chi connectivity index (χ1n) is 21.1. The van der Waals surface area contributed by atoms with Gasteiger partial charge in [-0.2, -0.15) is 0 Å². The number of hydrogen-bond donors (Lipinski definition) is 0. The van der Waals surface area contributed by atoms with Gasteiger partial charge in [-0.3, -0.25) is 8.97 Å². The van der Waals surface area contributed by atoms with E-state index >= 15 is 0 Å². The molecule has 1 atom stereocenters. The smallest absolute Gasteiger partial charge is 0.146 e. The zero-order chi connectivity index (χ0) is 40.6. The molecule has 0 bridgehead atoms. The number of imidazole rings is 2. The van der Waals surface area contributed by atoms with Gasteiger partial charge in [0.1, 0.15) is 23.0 Å².